The summed E-state index contributed by atoms with van der Waals surface area (Å²) in [6, 6.07) is 4.93. The molecule has 1 heterocycles. The van der Waals surface area contributed by atoms with Gasteiger partial charge in [-0.05, 0) is 39.0 Å². The van der Waals surface area contributed by atoms with Crippen LogP contribution >= 0.6 is 11.6 Å². The molecule has 0 fully saturated rings. The van der Waals surface area contributed by atoms with Crippen LogP contribution in [-0.2, 0) is 6.61 Å². The van der Waals surface area contributed by atoms with Crippen LogP contribution in [0.4, 0.5) is 0 Å². The number of aryl methyl sites for hydroxylation is 2. The number of hydrogen-bond acceptors (Lipinski definition) is 4. The minimum atomic E-state index is -0.0998. The Balaban J connectivity index is 2.17. The van der Waals surface area contributed by atoms with Gasteiger partial charge in [0.25, 0.3) is 0 Å². The normalized spacial score (nSPS) is 10.5. The number of hydrogen-bond donors (Lipinski definition) is 0. The maximum atomic E-state index is 11.5. The molecule has 0 radical (unpaired) electrons. The smallest absolute Gasteiger partial charge is 0.232 e. The van der Waals surface area contributed by atoms with Gasteiger partial charge in [0, 0.05) is 5.02 Å². The van der Waals surface area contributed by atoms with E-state index >= 15 is 0 Å². The molecule has 0 aliphatic rings. The number of benzene rings is 1. The zero-order valence-electron chi connectivity index (χ0n) is 11.0. The first-order valence-corrected chi connectivity index (χ1v) is 6.21. The molecule has 0 spiro atoms. The topological polar surface area (TPSA) is 52.3 Å². The van der Waals surface area contributed by atoms with E-state index in [1.807, 2.05) is 13.8 Å². The molecule has 19 heavy (non-hydrogen) atoms. The first-order valence-electron chi connectivity index (χ1n) is 5.83. The molecule has 0 atom stereocenters. The summed E-state index contributed by atoms with van der Waals surface area (Å²) in [5.41, 5.74) is 1.29. The third-order valence-electron chi connectivity index (χ3n) is 2.74. The van der Waals surface area contributed by atoms with Gasteiger partial charge in [0.05, 0.1) is 11.3 Å². The minimum Gasteiger partial charge on any atom is -0.483 e. The van der Waals surface area contributed by atoms with E-state index in [4.69, 9.17) is 20.8 Å². The van der Waals surface area contributed by atoms with Gasteiger partial charge in [0.2, 0.25) is 5.89 Å². The first-order chi connectivity index (χ1) is 8.97. The Morgan fingerprint density at radius 1 is 1.42 bits per heavy atom. The van der Waals surface area contributed by atoms with Crippen LogP contribution < -0.4 is 4.74 Å². The number of rotatable bonds is 4. The van der Waals surface area contributed by atoms with Crippen molar-refractivity contribution >= 4 is 17.4 Å². The Kier molecular flexibility index (Phi) is 3.90. The maximum Gasteiger partial charge on any atom is 0.232 e. The highest BCUT2D eigenvalue weighted by atomic mass is 35.5. The summed E-state index contributed by atoms with van der Waals surface area (Å²) in [5.74, 6) is 1.63. The van der Waals surface area contributed by atoms with Gasteiger partial charge in [-0.2, -0.15) is 0 Å². The third kappa shape index (κ3) is 3.15. The Morgan fingerprint density at radius 3 is 2.74 bits per heavy atom. The molecular weight excluding hydrogens is 266 g/mol. The first kappa shape index (κ1) is 13.6. The van der Waals surface area contributed by atoms with Crippen LogP contribution in [0.1, 0.15) is 34.6 Å². The Hall–Kier alpha value is -1.81. The number of ether oxygens (including phenoxy) is 1. The molecule has 2 aromatic rings. The van der Waals surface area contributed by atoms with E-state index in [0.717, 1.165) is 11.5 Å². The van der Waals surface area contributed by atoms with Crippen molar-refractivity contribution in [3.63, 3.8) is 0 Å². The van der Waals surface area contributed by atoms with Gasteiger partial charge in [0.15, 0.2) is 12.4 Å². The fraction of sp³-hybridized carbons (Fsp3) is 0.286. The van der Waals surface area contributed by atoms with E-state index in [1.165, 1.54) is 6.92 Å². The second kappa shape index (κ2) is 5.45. The predicted molar refractivity (Wildman–Crippen MR) is 71.8 cm³/mol. The third-order valence-corrected chi connectivity index (χ3v) is 2.98. The van der Waals surface area contributed by atoms with Gasteiger partial charge in [-0.1, -0.05) is 11.6 Å². The lowest BCUT2D eigenvalue weighted by molar-refractivity contribution is 0.101. The summed E-state index contributed by atoms with van der Waals surface area (Å²) < 4.78 is 11.0. The fourth-order valence-electron chi connectivity index (χ4n) is 1.64. The molecule has 2 rings (SSSR count). The van der Waals surface area contributed by atoms with E-state index in [9.17, 15) is 4.79 Å². The zero-order valence-corrected chi connectivity index (χ0v) is 11.7. The van der Waals surface area contributed by atoms with E-state index in [-0.39, 0.29) is 12.4 Å². The number of nitrogens with zero attached hydrogens (tertiary/aromatic N) is 1. The Labute approximate surface area is 116 Å². The van der Waals surface area contributed by atoms with Crippen LogP contribution in [0.15, 0.2) is 22.6 Å². The number of carbonyl (C=O) groups is 1. The van der Waals surface area contributed by atoms with Crippen LogP contribution in [0.3, 0.4) is 0 Å². The van der Waals surface area contributed by atoms with Gasteiger partial charge < -0.3 is 9.15 Å². The van der Waals surface area contributed by atoms with Crippen LogP contribution in [0.2, 0.25) is 5.02 Å². The summed E-state index contributed by atoms with van der Waals surface area (Å²) in [4.78, 5) is 15.7. The largest absolute Gasteiger partial charge is 0.483 e. The zero-order chi connectivity index (χ0) is 14.0. The minimum absolute atomic E-state index is 0.0998. The van der Waals surface area contributed by atoms with Crippen molar-refractivity contribution in [2.75, 3.05) is 0 Å². The van der Waals surface area contributed by atoms with Crippen LogP contribution in [-0.4, -0.2) is 10.8 Å². The summed E-state index contributed by atoms with van der Waals surface area (Å²) >= 11 is 5.86. The maximum absolute atomic E-state index is 11.5. The van der Waals surface area contributed by atoms with Crippen LogP contribution in [0, 0.1) is 13.8 Å². The molecule has 100 valence electrons. The second-order valence-corrected chi connectivity index (χ2v) is 4.67. The van der Waals surface area contributed by atoms with Gasteiger partial charge in [-0.3, -0.25) is 4.79 Å². The molecule has 5 heteroatoms. The number of Topliss-reactive ketones (excluding diaryl/α,β-unsaturated/α-hetero) is 1. The molecule has 0 N–H and O–H groups in total. The van der Waals surface area contributed by atoms with E-state index in [1.54, 1.807) is 18.2 Å². The van der Waals surface area contributed by atoms with Crippen molar-refractivity contribution in [2.45, 2.75) is 27.4 Å². The van der Waals surface area contributed by atoms with Crippen molar-refractivity contribution in [3.8, 4) is 5.75 Å². The molecule has 0 bridgehead atoms. The van der Waals surface area contributed by atoms with Gasteiger partial charge in [-0.15, -0.1) is 0 Å². The van der Waals surface area contributed by atoms with E-state index in [2.05, 4.69) is 4.98 Å². The van der Waals surface area contributed by atoms with Gasteiger partial charge in [-0.25, -0.2) is 4.98 Å². The molecule has 0 amide bonds. The van der Waals surface area contributed by atoms with Crippen molar-refractivity contribution in [3.05, 3.63) is 46.1 Å². The molecule has 0 saturated carbocycles. The summed E-state index contributed by atoms with van der Waals surface area (Å²) in [7, 11) is 0. The number of halogens is 1. The standard InChI is InChI=1S/C14H14ClNO3/c1-8-10(3)19-14(16-8)7-18-13-5-4-11(15)6-12(13)9(2)17/h4-6H,7H2,1-3H3. The lowest BCUT2D eigenvalue weighted by Crippen LogP contribution is -2.02. The average molecular weight is 280 g/mol. The Morgan fingerprint density at radius 2 is 2.16 bits per heavy atom. The summed E-state index contributed by atoms with van der Waals surface area (Å²) in [6.45, 7) is 5.36. The molecule has 0 aliphatic carbocycles. The quantitative estimate of drug-likeness (QED) is 0.800. The molecule has 4 nitrogen and oxygen atoms in total. The second-order valence-electron chi connectivity index (χ2n) is 4.23. The summed E-state index contributed by atoms with van der Waals surface area (Å²) in [5, 5.41) is 0.500. The van der Waals surface area contributed by atoms with Crippen molar-refractivity contribution in [1.82, 2.24) is 4.98 Å². The van der Waals surface area contributed by atoms with Gasteiger partial charge in [0.1, 0.15) is 11.5 Å². The highest BCUT2D eigenvalue weighted by Crippen LogP contribution is 2.24. The predicted octanol–water partition coefficient (Wildman–Crippen LogP) is 3.73. The molecule has 1 aromatic carbocycles. The number of aromatic nitrogens is 1. The molecule has 0 saturated heterocycles. The fourth-order valence-corrected chi connectivity index (χ4v) is 1.82. The van der Waals surface area contributed by atoms with E-state index < -0.39 is 0 Å². The SMILES string of the molecule is CC(=O)c1cc(Cl)ccc1OCc1nc(C)c(C)o1. The lowest BCUT2D eigenvalue weighted by Gasteiger charge is -2.08. The summed E-state index contributed by atoms with van der Waals surface area (Å²) in [6.07, 6.45) is 0. The van der Waals surface area contributed by atoms with Crippen molar-refractivity contribution in [2.24, 2.45) is 0 Å². The van der Waals surface area contributed by atoms with Crippen LogP contribution in [0.5, 0.6) is 5.75 Å². The monoisotopic (exact) mass is 279 g/mol. The average Bonchev–Trinajstić information content (AvgIpc) is 2.67. The Bertz CT molecular complexity index is 600. The number of oxazole rings is 1. The van der Waals surface area contributed by atoms with Crippen molar-refractivity contribution < 1.29 is 13.9 Å². The molecular formula is C14H14ClNO3. The number of ketones is 1. The van der Waals surface area contributed by atoms with Crippen molar-refractivity contribution in [1.29, 1.82) is 0 Å². The lowest BCUT2D eigenvalue weighted by atomic mass is 10.1. The highest BCUT2D eigenvalue weighted by molar-refractivity contribution is 6.31. The molecule has 0 aliphatic heterocycles. The number of carbonyl (C=O) groups excluding carboxylic acids is 1. The molecule has 0 unspecified atom stereocenters. The van der Waals surface area contributed by atoms with Gasteiger partial charge >= 0.3 is 0 Å². The van der Waals surface area contributed by atoms with Crippen LogP contribution in [0.25, 0.3) is 0 Å². The highest BCUT2D eigenvalue weighted by Gasteiger charge is 2.11. The molecule has 1 aromatic heterocycles. The van der Waals surface area contributed by atoms with E-state index in [0.29, 0.717) is 22.2 Å².